The average Bonchev–Trinajstić information content (AvgIpc) is 2.65. The van der Waals surface area contributed by atoms with Crippen LogP contribution in [0.3, 0.4) is 0 Å². The first kappa shape index (κ1) is 19.2. The quantitative estimate of drug-likeness (QED) is 0.569. The first-order valence-corrected chi connectivity index (χ1v) is 10.3. The number of aryl methyl sites for hydroxylation is 1. The summed E-state index contributed by atoms with van der Waals surface area (Å²) in [6.07, 6.45) is 1.57. The lowest BCUT2D eigenvalue weighted by Gasteiger charge is -2.28. The highest BCUT2D eigenvalue weighted by Crippen LogP contribution is 2.29. The molecule has 1 aromatic carbocycles. The van der Waals surface area contributed by atoms with Gasteiger partial charge in [-0.05, 0) is 36.6 Å². The largest absolute Gasteiger partial charge is 0.379 e. The predicted molar refractivity (Wildman–Crippen MR) is 96.3 cm³/mol. The van der Waals surface area contributed by atoms with Crippen LogP contribution in [0.1, 0.15) is 18.9 Å². The van der Waals surface area contributed by atoms with E-state index in [0.29, 0.717) is 26.3 Å². The summed E-state index contributed by atoms with van der Waals surface area (Å²) in [6, 6.07) is 4.82. The zero-order valence-corrected chi connectivity index (χ0v) is 15.8. The second kappa shape index (κ2) is 8.45. The maximum atomic E-state index is 12.4. The number of fused-ring (bicyclic) bond motifs is 1. The third kappa shape index (κ3) is 4.60. The van der Waals surface area contributed by atoms with Crippen molar-refractivity contribution < 1.29 is 22.8 Å². The molecular weight excluding hydrogens is 358 g/mol. The number of nitrogens with one attached hydrogen (secondary N) is 1. The fourth-order valence-electron chi connectivity index (χ4n) is 3.23. The molecule has 1 amide bonds. The number of sulfonamides is 1. The number of carbonyl (C=O) groups excluding carboxylic acids is 1. The van der Waals surface area contributed by atoms with Crippen LogP contribution < -0.4 is 9.79 Å². The van der Waals surface area contributed by atoms with Crippen LogP contribution in [-0.4, -0.2) is 65.2 Å². The number of anilines is 1. The van der Waals surface area contributed by atoms with Crippen LogP contribution in [0.4, 0.5) is 5.69 Å². The van der Waals surface area contributed by atoms with E-state index in [1.165, 1.54) is 13.0 Å². The van der Waals surface area contributed by atoms with Crippen molar-refractivity contribution in [1.29, 1.82) is 0 Å². The molecule has 9 heteroatoms. The van der Waals surface area contributed by atoms with Gasteiger partial charge < -0.3 is 9.64 Å². The Hall–Kier alpha value is -1.52. The minimum Gasteiger partial charge on any atom is -0.379 e. The van der Waals surface area contributed by atoms with Gasteiger partial charge in [0.05, 0.1) is 24.7 Å². The minimum atomic E-state index is -3.75. The Morgan fingerprint density at radius 3 is 2.77 bits per heavy atom. The molecule has 0 aliphatic carbocycles. The molecule has 0 spiro atoms. The van der Waals surface area contributed by atoms with Gasteiger partial charge in [0.15, 0.2) is 0 Å². The smallest absolute Gasteiger partial charge is 0.262 e. The summed E-state index contributed by atoms with van der Waals surface area (Å²) in [5, 5.41) is 0. The molecule has 1 aromatic rings. The van der Waals surface area contributed by atoms with Crippen LogP contribution in [0.15, 0.2) is 23.1 Å². The molecule has 1 fully saturated rings. The van der Waals surface area contributed by atoms with Gasteiger partial charge in [-0.1, -0.05) is 4.89 Å². The van der Waals surface area contributed by atoms with Crippen molar-refractivity contribution in [3.05, 3.63) is 23.8 Å². The van der Waals surface area contributed by atoms with Crippen molar-refractivity contribution >= 4 is 21.6 Å². The van der Waals surface area contributed by atoms with Crippen molar-refractivity contribution in [2.75, 3.05) is 50.9 Å². The number of nitrogens with zero attached hydrogens (tertiary/aromatic N) is 2. The van der Waals surface area contributed by atoms with E-state index in [0.717, 1.165) is 37.2 Å². The summed E-state index contributed by atoms with van der Waals surface area (Å²) < 4.78 is 30.1. The summed E-state index contributed by atoms with van der Waals surface area (Å²) in [6.45, 7) is 6.13. The molecule has 2 aliphatic rings. The second-order valence-corrected chi connectivity index (χ2v) is 8.10. The summed E-state index contributed by atoms with van der Waals surface area (Å²) >= 11 is 0. The molecule has 0 bridgehead atoms. The molecule has 1 N–H and O–H groups in total. The molecule has 2 aliphatic heterocycles. The Labute approximate surface area is 154 Å². The van der Waals surface area contributed by atoms with Crippen molar-refractivity contribution in [2.24, 2.45) is 0 Å². The summed E-state index contributed by atoms with van der Waals surface area (Å²) in [7, 11) is -3.75. The van der Waals surface area contributed by atoms with E-state index in [4.69, 9.17) is 9.57 Å². The maximum Gasteiger partial charge on any atom is 0.262 e. The Morgan fingerprint density at radius 2 is 2.04 bits per heavy atom. The second-order valence-electron chi connectivity index (χ2n) is 6.45. The molecule has 1 saturated heterocycles. The highest BCUT2D eigenvalue weighted by Gasteiger charge is 2.23. The SMILES string of the molecule is CC(=O)N1CCCc2cc(S(=O)(=O)NOCCN3CCOCC3)ccc21. The zero-order valence-electron chi connectivity index (χ0n) is 14.9. The van der Waals surface area contributed by atoms with Gasteiger partial charge in [0, 0.05) is 38.8 Å². The van der Waals surface area contributed by atoms with Gasteiger partial charge in [-0.25, -0.2) is 8.42 Å². The van der Waals surface area contributed by atoms with E-state index in [1.54, 1.807) is 17.0 Å². The molecule has 0 radical (unpaired) electrons. The molecule has 0 aromatic heterocycles. The highest BCUT2D eigenvalue weighted by molar-refractivity contribution is 7.89. The number of hydrogen-bond donors (Lipinski definition) is 1. The number of ether oxygens (including phenoxy) is 1. The van der Waals surface area contributed by atoms with Crippen LogP contribution in [-0.2, 0) is 30.8 Å². The van der Waals surface area contributed by atoms with Gasteiger partial charge in [0.1, 0.15) is 0 Å². The first-order chi connectivity index (χ1) is 12.5. The third-order valence-electron chi connectivity index (χ3n) is 4.64. The fourth-order valence-corrected chi connectivity index (χ4v) is 4.11. The lowest BCUT2D eigenvalue weighted by Crippen LogP contribution is -2.39. The maximum absolute atomic E-state index is 12.4. The number of rotatable bonds is 6. The minimum absolute atomic E-state index is 0.0360. The van der Waals surface area contributed by atoms with Crippen LogP contribution in [0, 0.1) is 0 Å². The Morgan fingerprint density at radius 1 is 1.27 bits per heavy atom. The van der Waals surface area contributed by atoms with Crippen molar-refractivity contribution in [3.63, 3.8) is 0 Å². The van der Waals surface area contributed by atoms with Crippen molar-refractivity contribution in [1.82, 2.24) is 9.79 Å². The number of carbonyl (C=O) groups is 1. The normalized spacial score (nSPS) is 18.6. The molecule has 0 saturated carbocycles. The summed E-state index contributed by atoms with van der Waals surface area (Å²) in [5.74, 6) is -0.0360. The van der Waals surface area contributed by atoms with Crippen LogP contribution in [0.5, 0.6) is 0 Å². The van der Waals surface area contributed by atoms with E-state index in [9.17, 15) is 13.2 Å². The van der Waals surface area contributed by atoms with Crippen LogP contribution >= 0.6 is 0 Å². The topological polar surface area (TPSA) is 88.2 Å². The molecule has 0 unspecified atom stereocenters. The summed E-state index contributed by atoms with van der Waals surface area (Å²) in [4.78, 5) is 23.1. The first-order valence-electron chi connectivity index (χ1n) is 8.82. The van der Waals surface area contributed by atoms with E-state index < -0.39 is 10.0 Å². The van der Waals surface area contributed by atoms with E-state index >= 15 is 0 Å². The van der Waals surface area contributed by atoms with Crippen molar-refractivity contribution in [3.8, 4) is 0 Å². The molecule has 8 nitrogen and oxygen atoms in total. The molecule has 26 heavy (non-hydrogen) atoms. The predicted octanol–water partition coefficient (Wildman–Crippen LogP) is 0.528. The van der Waals surface area contributed by atoms with E-state index in [2.05, 4.69) is 9.79 Å². The fraction of sp³-hybridized carbons (Fsp3) is 0.588. The van der Waals surface area contributed by atoms with Gasteiger partial charge in [0.2, 0.25) is 5.91 Å². The third-order valence-corrected chi connectivity index (χ3v) is 5.85. The number of hydrogen-bond acceptors (Lipinski definition) is 6. The average molecular weight is 383 g/mol. The van der Waals surface area contributed by atoms with E-state index in [1.807, 2.05) is 0 Å². The number of amides is 1. The van der Waals surface area contributed by atoms with Gasteiger partial charge in [-0.3, -0.25) is 14.5 Å². The Balaban J connectivity index is 1.59. The van der Waals surface area contributed by atoms with Gasteiger partial charge in [-0.2, -0.15) is 0 Å². The van der Waals surface area contributed by atoms with Crippen molar-refractivity contribution in [2.45, 2.75) is 24.7 Å². The number of morpholine rings is 1. The van der Waals surface area contributed by atoms with Crippen LogP contribution in [0.2, 0.25) is 0 Å². The highest BCUT2D eigenvalue weighted by atomic mass is 32.2. The number of benzene rings is 1. The summed E-state index contributed by atoms with van der Waals surface area (Å²) in [5.41, 5.74) is 1.65. The molecular formula is C17H25N3O5S. The van der Waals surface area contributed by atoms with Gasteiger partial charge in [-0.15, -0.1) is 0 Å². The molecule has 3 rings (SSSR count). The lowest BCUT2D eigenvalue weighted by atomic mass is 10.0. The monoisotopic (exact) mass is 383 g/mol. The zero-order chi connectivity index (χ0) is 18.6. The molecule has 0 atom stereocenters. The molecule has 144 valence electrons. The lowest BCUT2D eigenvalue weighted by molar-refractivity contribution is -0.116. The molecule has 2 heterocycles. The van der Waals surface area contributed by atoms with Gasteiger partial charge in [0.25, 0.3) is 10.0 Å². The van der Waals surface area contributed by atoms with E-state index in [-0.39, 0.29) is 17.4 Å². The standard InChI is InChI=1S/C17H25N3O5S/c1-14(21)20-6-2-3-15-13-16(4-5-17(15)20)26(22,23)18-25-12-9-19-7-10-24-11-8-19/h4-5,13,18H,2-3,6-12H2,1H3. The Kier molecular flexibility index (Phi) is 6.25. The van der Waals surface area contributed by atoms with Gasteiger partial charge >= 0.3 is 0 Å². The Bertz CT molecular complexity index is 747. The van der Waals surface area contributed by atoms with Crippen LogP contribution in [0.25, 0.3) is 0 Å².